The minimum Gasteiger partial charge on any atom is -0.497 e. The van der Waals surface area contributed by atoms with Gasteiger partial charge >= 0.3 is 0 Å². The molecule has 2 aliphatic rings. The summed E-state index contributed by atoms with van der Waals surface area (Å²) in [5.74, 6) is 0.764. The first-order chi connectivity index (χ1) is 14.8. The SMILES string of the molecule is C=C1C=CC(C)C=C1N1CCN(CCCNC(=O)C(C)(O)c2ccc(OC)cc2)CC1. The number of allylic oxidation sites excluding steroid dienone is 3. The molecule has 1 aromatic rings. The molecule has 0 radical (unpaired) electrons. The number of ether oxygens (including phenoxy) is 1. The molecule has 0 aromatic heterocycles. The maximum atomic E-state index is 12.5. The fourth-order valence-electron chi connectivity index (χ4n) is 4.01. The molecule has 1 heterocycles. The number of benzene rings is 1. The van der Waals surface area contributed by atoms with Crippen LogP contribution in [0.4, 0.5) is 0 Å². The number of hydrogen-bond donors (Lipinski definition) is 2. The summed E-state index contributed by atoms with van der Waals surface area (Å²) >= 11 is 0. The second-order valence-electron chi connectivity index (χ2n) is 8.53. The van der Waals surface area contributed by atoms with E-state index in [0.717, 1.165) is 44.7 Å². The second-order valence-corrected chi connectivity index (χ2v) is 8.53. The molecule has 1 saturated heterocycles. The van der Waals surface area contributed by atoms with Crippen LogP contribution >= 0.6 is 0 Å². The van der Waals surface area contributed by atoms with Crippen molar-refractivity contribution < 1.29 is 14.6 Å². The Morgan fingerprint density at radius 1 is 1.26 bits per heavy atom. The highest BCUT2D eigenvalue weighted by atomic mass is 16.5. The molecule has 2 atom stereocenters. The lowest BCUT2D eigenvalue weighted by Gasteiger charge is -2.38. The lowest BCUT2D eigenvalue weighted by atomic mass is 9.95. The van der Waals surface area contributed by atoms with Crippen molar-refractivity contribution in [2.75, 3.05) is 46.4 Å². The largest absolute Gasteiger partial charge is 0.497 e. The van der Waals surface area contributed by atoms with Gasteiger partial charge in [-0.25, -0.2) is 0 Å². The molecule has 2 N–H and O–H groups in total. The van der Waals surface area contributed by atoms with Crippen LogP contribution in [-0.2, 0) is 10.4 Å². The van der Waals surface area contributed by atoms with Crippen LogP contribution in [0, 0.1) is 5.92 Å². The Kier molecular flexibility index (Phi) is 7.57. The van der Waals surface area contributed by atoms with E-state index in [9.17, 15) is 9.90 Å². The van der Waals surface area contributed by atoms with E-state index in [2.05, 4.69) is 46.8 Å². The molecular formula is C25H35N3O3. The van der Waals surface area contributed by atoms with Gasteiger partial charge in [0.05, 0.1) is 7.11 Å². The number of hydrogen-bond acceptors (Lipinski definition) is 5. The van der Waals surface area contributed by atoms with E-state index >= 15 is 0 Å². The first kappa shape index (κ1) is 23.1. The number of aliphatic hydroxyl groups is 1. The van der Waals surface area contributed by atoms with Gasteiger partial charge in [0, 0.05) is 38.4 Å². The molecular weight excluding hydrogens is 390 g/mol. The van der Waals surface area contributed by atoms with Crippen molar-refractivity contribution in [2.45, 2.75) is 25.9 Å². The van der Waals surface area contributed by atoms with Crippen molar-refractivity contribution in [3.8, 4) is 5.75 Å². The molecule has 2 unspecified atom stereocenters. The van der Waals surface area contributed by atoms with E-state index < -0.39 is 5.60 Å². The maximum absolute atomic E-state index is 12.5. The van der Waals surface area contributed by atoms with E-state index in [0.29, 0.717) is 23.8 Å². The fraction of sp³-hybridized carbons (Fsp3) is 0.480. The van der Waals surface area contributed by atoms with Crippen LogP contribution in [-0.4, -0.2) is 67.2 Å². The standard InChI is InChI=1S/C25H35N3O3/c1-19-6-7-20(2)23(18-19)28-16-14-27(15-17-28)13-5-12-26-24(29)25(3,30)21-8-10-22(31-4)11-9-21/h6-11,18-19,30H,2,5,12-17H2,1,3-4H3,(H,26,29). The quantitative estimate of drug-likeness (QED) is 0.627. The molecule has 31 heavy (non-hydrogen) atoms. The van der Waals surface area contributed by atoms with Crippen LogP contribution in [0.2, 0.25) is 0 Å². The normalized spacial score (nSPS) is 21.4. The number of carbonyl (C=O) groups is 1. The number of methoxy groups -OCH3 is 1. The monoisotopic (exact) mass is 425 g/mol. The molecule has 0 bridgehead atoms. The molecule has 1 aromatic carbocycles. The lowest BCUT2D eigenvalue weighted by molar-refractivity contribution is -0.139. The Labute approximate surface area is 185 Å². The van der Waals surface area contributed by atoms with Gasteiger partial charge in [0.2, 0.25) is 0 Å². The zero-order valence-electron chi connectivity index (χ0n) is 18.9. The van der Waals surface area contributed by atoms with E-state index in [1.54, 1.807) is 31.4 Å². The molecule has 0 spiro atoms. The number of piperazine rings is 1. The molecule has 1 amide bonds. The smallest absolute Gasteiger partial charge is 0.256 e. The second kappa shape index (κ2) is 10.2. The number of carbonyl (C=O) groups excluding carboxylic acids is 1. The van der Waals surface area contributed by atoms with Crippen molar-refractivity contribution in [2.24, 2.45) is 5.92 Å². The van der Waals surface area contributed by atoms with Crippen LogP contribution in [0.15, 0.2) is 60.3 Å². The molecule has 168 valence electrons. The van der Waals surface area contributed by atoms with E-state index in [-0.39, 0.29) is 5.91 Å². The zero-order valence-corrected chi connectivity index (χ0v) is 18.9. The van der Waals surface area contributed by atoms with Crippen molar-refractivity contribution >= 4 is 5.91 Å². The fourth-order valence-corrected chi connectivity index (χ4v) is 4.01. The first-order valence-corrected chi connectivity index (χ1v) is 11.0. The summed E-state index contributed by atoms with van der Waals surface area (Å²) < 4.78 is 5.13. The van der Waals surface area contributed by atoms with Gasteiger partial charge in [-0.1, -0.05) is 43.9 Å². The Bertz CT molecular complexity index is 834. The Morgan fingerprint density at radius 2 is 1.94 bits per heavy atom. The topological polar surface area (TPSA) is 65.0 Å². The Balaban J connectivity index is 1.39. The van der Waals surface area contributed by atoms with Crippen molar-refractivity contribution in [1.29, 1.82) is 0 Å². The number of nitrogens with one attached hydrogen (secondary N) is 1. The van der Waals surface area contributed by atoms with Gasteiger partial charge < -0.3 is 20.1 Å². The summed E-state index contributed by atoms with van der Waals surface area (Å²) in [7, 11) is 1.58. The molecule has 3 rings (SSSR count). The minimum atomic E-state index is -1.57. The van der Waals surface area contributed by atoms with Crippen LogP contribution < -0.4 is 10.1 Å². The number of nitrogens with zero attached hydrogens (tertiary/aromatic N) is 2. The van der Waals surface area contributed by atoms with Crippen LogP contribution in [0.3, 0.4) is 0 Å². The average Bonchev–Trinajstić information content (AvgIpc) is 2.78. The van der Waals surface area contributed by atoms with E-state index in [1.165, 1.54) is 12.6 Å². The van der Waals surface area contributed by atoms with Gasteiger partial charge in [-0.3, -0.25) is 9.69 Å². The van der Waals surface area contributed by atoms with Gasteiger partial charge in [-0.15, -0.1) is 0 Å². The summed E-state index contributed by atoms with van der Waals surface area (Å²) in [4.78, 5) is 17.4. The number of amides is 1. The average molecular weight is 426 g/mol. The van der Waals surface area contributed by atoms with Crippen LogP contribution in [0.25, 0.3) is 0 Å². The third-order valence-electron chi connectivity index (χ3n) is 6.09. The van der Waals surface area contributed by atoms with Crippen molar-refractivity contribution in [3.05, 3.63) is 65.9 Å². The molecule has 1 fully saturated rings. The highest BCUT2D eigenvalue weighted by molar-refractivity contribution is 5.85. The first-order valence-electron chi connectivity index (χ1n) is 11.0. The maximum Gasteiger partial charge on any atom is 0.256 e. The van der Waals surface area contributed by atoms with E-state index in [4.69, 9.17) is 4.74 Å². The Morgan fingerprint density at radius 3 is 2.58 bits per heavy atom. The van der Waals surface area contributed by atoms with Crippen LogP contribution in [0.1, 0.15) is 25.8 Å². The van der Waals surface area contributed by atoms with Gasteiger partial charge in [0.25, 0.3) is 5.91 Å². The molecule has 1 aliphatic heterocycles. The van der Waals surface area contributed by atoms with Crippen LogP contribution in [0.5, 0.6) is 5.75 Å². The van der Waals surface area contributed by atoms with Gasteiger partial charge in [-0.2, -0.15) is 0 Å². The predicted octanol–water partition coefficient (Wildman–Crippen LogP) is 2.67. The third-order valence-corrected chi connectivity index (χ3v) is 6.09. The van der Waals surface area contributed by atoms with Gasteiger partial charge in [0.1, 0.15) is 5.75 Å². The lowest BCUT2D eigenvalue weighted by Crippen LogP contribution is -2.47. The molecule has 6 nitrogen and oxygen atoms in total. The van der Waals surface area contributed by atoms with Crippen molar-refractivity contribution in [1.82, 2.24) is 15.1 Å². The number of rotatable bonds is 8. The highest BCUT2D eigenvalue weighted by Crippen LogP contribution is 2.25. The Hall–Kier alpha value is -2.57. The van der Waals surface area contributed by atoms with E-state index in [1.807, 2.05) is 0 Å². The summed E-state index contributed by atoms with van der Waals surface area (Å²) in [5.41, 5.74) is 1.34. The molecule has 1 aliphatic carbocycles. The summed E-state index contributed by atoms with van der Waals surface area (Å²) in [6, 6.07) is 6.91. The molecule has 6 heteroatoms. The minimum absolute atomic E-state index is 0.382. The summed E-state index contributed by atoms with van der Waals surface area (Å²) in [6.45, 7) is 13.3. The van der Waals surface area contributed by atoms with Gasteiger partial charge in [0.15, 0.2) is 5.60 Å². The third kappa shape index (κ3) is 5.77. The molecule has 0 saturated carbocycles. The zero-order chi connectivity index (χ0) is 22.4. The highest BCUT2D eigenvalue weighted by Gasteiger charge is 2.32. The van der Waals surface area contributed by atoms with Crippen molar-refractivity contribution in [3.63, 3.8) is 0 Å². The summed E-state index contributed by atoms with van der Waals surface area (Å²) in [6.07, 6.45) is 7.44. The predicted molar refractivity (Wildman–Crippen MR) is 124 cm³/mol. The van der Waals surface area contributed by atoms with Gasteiger partial charge in [-0.05, 0) is 49.1 Å². The summed E-state index contributed by atoms with van der Waals surface area (Å²) in [5, 5.41) is 13.5.